The van der Waals surface area contributed by atoms with Crippen molar-refractivity contribution in [2.24, 2.45) is 0 Å². The molecule has 1 aromatic rings. The fourth-order valence-corrected chi connectivity index (χ4v) is 1.72. The van der Waals surface area contributed by atoms with Crippen LogP contribution in [0.2, 0.25) is 0 Å². The molecule has 0 bridgehead atoms. The van der Waals surface area contributed by atoms with Gasteiger partial charge in [-0.25, -0.2) is 0 Å². The molecule has 0 heterocycles. The van der Waals surface area contributed by atoms with E-state index in [1.807, 2.05) is 0 Å². The molecule has 3 nitrogen and oxygen atoms in total. The fourth-order valence-electron chi connectivity index (χ4n) is 1.38. The summed E-state index contributed by atoms with van der Waals surface area (Å²) in [5.74, 6) is 0.417. The first-order valence-corrected chi connectivity index (χ1v) is 6.33. The van der Waals surface area contributed by atoms with Crippen molar-refractivity contribution in [2.45, 2.75) is 19.2 Å². The van der Waals surface area contributed by atoms with E-state index in [9.17, 15) is 18.3 Å². The Morgan fingerprint density at radius 2 is 2.00 bits per heavy atom. The van der Waals surface area contributed by atoms with Crippen molar-refractivity contribution in [1.29, 1.82) is 0 Å². The minimum absolute atomic E-state index is 0.0216. The Balaban J connectivity index is 2.46. The van der Waals surface area contributed by atoms with Gasteiger partial charge in [0.25, 0.3) is 0 Å². The van der Waals surface area contributed by atoms with E-state index in [0.717, 1.165) is 4.47 Å². The number of halogens is 4. The lowest BCUT2D eigenvalue weighted by Gasteiger charge is -2.14. The van der Waals surface area contributed by atoms with E-state index in [-0.39, 0.29) is 13.2 Å². The summed E-state index contributed by atoms with van der Waals surface area (Å²) in [6.45, 7) is 0.0892. The second kappa shape index (κ2) is 7.12. The zero-order valence-electron chi connectivity index (χ0n) is 10.2. The van der Waals surface area contributed by atoms with Crippen molar-refractivity contribution < 1.29 is 27.8 Å². The van der Waals surface area contributed by atoms with Crippen LogP contribution < -0.4 is 4.74 Å². The topological polar surface area (TPSA) is 38.7 Å². The summed E-state index contributed by atoms with van der Waals surface area (Å²) in [6.07, 6.45) is -5.06. The Morgan fingerprint density at radius 1 is 1.32 bits per heavy atom. The van der Waals surface area contributed by atoms with Crippen molar-refractivity contribution in [3.63, 3.8) is 0 Å². The van der Waals surface area contributed by atoms with Gasteiger partial charge in [0.1, 0.15) is 19.0 Å². The van der Waals surface area contributed by atoms with Crippen LogP contribution in [-0.2, 0) is 4.74 Å². The van der Waals surface area contributed by atoms with E-state index in [1.165, 1.54) is 0 Å². The number of rotatable bonds is 6. The monoisotopic (exact) mass is 342 g/mol. The smallest absolute Gasteiger partial charge is 0.411 e. The molecule has 1 aromatic carbocycles. The van der Waals surface area contributed by atoms with Gasteiger partial charge in [0, 0.05) is 10.0 Å². The van der Waals surface area contributed by atoms with Gasteiger partial charge >= 0.3 is 6.18 Å². The van der Waals surface area contributed by atoms with Crippen LogP contribution in [0.1, 0.15) is 18.6 Å². The van der Waals surface area contributed by atoms with E-state index in [4.69, 9.17) is 4.74 Å². The maximum atomic E-state index is 11.8. The van der Waals surface area contributed by atoms with E-state index >= 15 is 0 Å². The highest BCUT2D eigenvalue weighted by Gasteiger charge is 2.27. The maximum absolute atomic E-state index is 11.8. The molecule has 0 amide bonds. The number of alkyl halides is 3. The third kappa shape index (κ3) is 6.26. The second-order valence-corrected chi connectivity index (χ2v) is 4.79. The summed E-state index contributed by atoms with van der Waals surface area (Å²) in [5.41, 5.74) is 0.569. The molecule has 0 saturated carbocycles. The summed E-state index contributed by atoms with van der Waals surface area (Å²) in [6, 6.07) is 5.07. The number of benzene rings is 1. The lowest BCUT2D eigenvalue weighted by Crippen LogP contribution is -2.19. The molecule has 0 spiro atoms. The van der Waals surface area contributed by atoms with Crippen molar-refractivity contribution in [3.05, 3.63) is 28.2 Å². The first kappa shape index (κ1) is 16.3. The minimum atomic E-state index is -4.33. The van der Waals surface area contributed by atoms with E-state index in [2.05, 4.69) is 20.7 Å². The van der Waals surface area contributed by atoms with Gasteiger partial charge in [-0.15, -0.1) is 0 Å². The summed E-state index contributed by atoms with van der Waals surface area (Å²) in [4.78, 5) is 0. The molecule has 19 heavy (non-hydrogen) atoms. The molecule has 0 aliphatic rings. The zero-order chi connectivity index (χ0) is 14.5. The fraction of sp³-hybridized carbons (Fsp3) is 0.500. The highest BCUT2D eigenvalue weighted by Crippen LogP contribution is 2.28. The molecular formula is C12H14BrF3O3. The number of aliphatic hydroxyl groups is 1. The molecule has 0 aromatic heterocycles. The molecule has 0 aliphatic heterocycles. The van der Waals surface area contributed by atoms with Crippen LogP contribution in [0.3, 0.4) is 0 Å². The third-order valence-electron chi connectivity index (χ3n) is 2.18. The highest BCUT2D eigenvalue weighted by atomic mass is 79.9. The van der Waals surface area contributed by atoms with Gasteiger partial charge in [-0.2, -0.15) is 13.2 Å². The van der Waals surface area contributed by atoms with Crippen LogP contribution in [0.5, 0.6) is 5.75 Å². The molecule has 0 aliphatic carbocycles. The lowest BCUT2D eigenvalue weighted by molar-refractivity contribution is -0.175. The maximum Gasteiger partial charge on any atom is 0.411 e. The van der Waals surface area contributed by atoms with Gasteiger partial charge in [0.15, 0.2) is 0 Å². The standard InChI is InChI=1S/C12H14BrF3O3/c1-8(17)10-3-2-9(13)6-11(10)19-5-4-18-7-12(14,15)16/h2-3,6,8,17H,4-5,7H2,1H3. The van der Waals surface area contributed by atoms with Gasteiger partial charge < -0.3 is 14.6 Å². The third-order valence-corrected chi connectivity index (χ3v) is 2.67. The zero-order valence-corrected chi connectivity index (χ0v) is 11.8. The van der Waals surface area contributed by atoms with Gasteiger partial charge in [-0.05, 0) is 19.1 Å². The van der Waals surface area contributed by atoms with Crippen LogP contribution in [-0.4, -0.2) is 31.1 Å². The SMILES string of the molecule is CC(O)c1ccc(Br)cc1OCCOCC(F)(F)F. The molecule has 0 saturated heterocycles. The first-order chi connectivity index (χ1) is 8.79. The summed E-state index contributed by atoms with van der Waals surface area (Å²) < 4.78 is 46.0. The van der Waals surface area contributed by atoms with Gasteiger partial charge in [-0.1, -0.05) is 22.0 Å². The summed E-state index contributed by atoms with van der Waals surface area (Å²) in [5, 5.41) is 9.53. The van der Waals surface area contributed by atoms with Crippen molar-refractivity contribution >= 4 is 15.9 Å². The van der Waals surface area contributed by atoms with Crippen molar-refractivity contribution in [1.82, 2.24) is 0 Å². The normalized spacial score (nSPS) is 13.4. The Morgan fingerprint density at radius 3 is 2.58 bits per heavy atom. The Hall–Kier alpha value is -0.790. The lowest BCUT2D eigenvalue weighted by atomic mass is 10.1. The van der Waals surface area contributed by atoms with Crippen LogP contribution >= 0.6 is 15.9 Å². The Kier molecular flexibility index (Phi) is 6.09. The minimum Gasteiger partial charge on any atom is -0.491 e. The van der Waals surface area contributed by atoms with Crippen molar-refractivity contribution in [3.8, 4) is 5.75 Å². The Bertz CT molecular complexity index is 408. The molecule has 1 N–H and O–H groups in total. The van der Waals surface area contributed by atoms with Gasteiger partial charge in [-0.3, -0.25) is 0 Å². The number of aliphatic hydroxyl groups excluding tert-OH is 1. The van der Waals surface area contributed by atoms with Crippen LogP contribution in [0, 0.1) is 0 Å². The number of hydrogen-bond donors (Lipinski definition) is 1. The quantitative estimate of drug-likeness (QED) is 0.804. The molecule has 1 rings (SSSR count). The molecular weight excluding hydrogens is 329 g/mol. The van der Waals surface area contributed by atoms with Crippen LogP contribution in [0.15, 0.2) is 22.7 Å². The largest absolute Gasteiger partial charge is 0.491 e. The highest BCUT2D eigenvalue weighted by molar-refractivity contribution is 9.10. The summed E-state index contributed by atoms with van der Waals surface area (Å²) >= 11 is 3.25. The molecule has 7 heteroatoms. The number of hydrogen-bond acceptors (Lipinski definition) is 3. The van der Waals surface area contributed by atoms with E-state index in [1.54, 1.807) is 25.1 Å². The number of ether oxygens (including phenoxy) is 2. The summed E-state index contributed by atoms with van der Waals surface area (Å²) in [7, 11) is 0. The molecule has 1 atom stereocenters. The van der Waals surface area contributed by atoms with Gasteiger partial charge in [0.2, 0.25) is 0 Å². The molecule has 0 fully saturated rings. The first-order valence-electron chi connectivity index (χ1n) is 5.54. The molecule has 108 valence electrons. The van der Waals surface area contributed by atoms with Crippen LogP contribution in [0.25, 0.3) is 0 Å². The second-order valence-electron chi connectivity index (χ2n) is 3.87. The molecule has 1 unspecified atom stereocenters. The van der Waals surface area contributed by atoms with Crippen LogP contribution in [0.4, 0.5) is 13.2 Å². The predicted molar refractivity (Wildman–Crippen MR) is 67.1 cm³/mol. The Labute approximate surface area is 117 Å². The predicted octanol–water partition coefficient (Wildman–Crippen LogP) is 3.46. The van der Waals surface area contributed by atoms with E-state index < -0.39 is 18.9 Å². The molecule has 0 radical (unpaired) electrons. The average Bonchev–Trinajstić information content (AvgIpc) is 2.26. The van der Waals surface area contributed by atoms with Crippen molar-refractivity contribution in [2.75, 3.05) is 19.8 Å². The van der Waals surface area contributed by atoms with Gasteiger partial charge in [0.05, 0.1) is 12.7 Å². The van der Waals surface area contributed by atoms with E-state index in [0.29, 0.717) is 11.3 Å². The average molecular weight is 343 g/mol.